The maximum atomic E-state index is 15.0. The fourth-order valence-corrected chi connectivity index (χ4v) is 5.97. The van der Waals surface area contributed by atoms with E-state index in [1.807, 2.05) is 12.1 Å². The van der Waals surface area contributed by atoms with E-state index < -0.39 is 17.4 Å². The van der Waals surface area contributed by atoms with Crippen LogP contribution < -0.4 is 0 Å². The number of benzene rings is 2. The number of halogens is 4. The van der Waals surface area contributed by atoms with E-state index in [0.29, 0.717) is 52.9 Å². The van der Waals surface area contributed by atoms with Gasteiger partial charge in [0.05, 0.1) is 11.1 Å². The molecule has 1 fully saturated rings. The summed E-state index contributed by atoms with van der Waals surface area (Å²) in [5.41, 5.74) is 3.22. The highest BCUT2D eigenvalue weighted by molar-refractivity contribution is 5.99. The van der Waals surface area contributed by atoms with E-state index >= 15 is 0 Å². The molecule has 2 aliphatic rings. The average Bonchev–Trinajstić information content (AvgIpc) is 3.71. The van der Waals surface area contributed by atoms with Crippen LogP contribution in [0.25, 0.3) is 27.9 Å². The molecule has 0 atom stereocenters. The number of ketones is 1. The Hall–Kier alpha value is -4.54. The molecule has 2 amide bonds. The Balaban J connectivity index is 1.26. The first-order valence-corrected chi connectivity index (χ1v) is 14.4. The molecule has 3 heterocycles. The quantitative estimate of drug-likeness (QED) is 0.192. The average molecular weight is 606 g/mol. The first-order valence-electron chi connectivity index (χ1n) is 14.4. The topological polar surface area (TPSA) is 82.2 Å². The number of urea groups is 1. The van der Waals surface area contributed by atoms with Gasteiger partial charge in [0, 0.05) is 55.8 Å². The molecule has 11 heteroatoms. The number of H-pyrrole nitrogens is 1. The molecule has 2 aromatic carbocycles. The van der Waals surface area contributed by atoms with Gasteiger partial charge in [-0.15, -0.1) is 0 Å². The number of carbonyl (C=O) groups excluding carboxylic acids is 2. The Morgan fingerprint density at radius 3 is 2.41 bits per heavy atom. The maximum absolute atomic E-state index is 15.0. The number of Topliss-reactive ketones (excluding diaryl/α,β-unsaturated/α-hetero) is 1. The van der Waals surface area contributed by atoms with Crippen molar-refractivity contribution in [3.05, 3.63) is 88.6 Å². The van der Waals surface area contributed by atoms with Gasteiger partial charge < -0.3 is 14.8 Å². The summed E-state index contributed by atoms with van der Waals surface area (Å²) in [4.78, 5) is 41.0. The van der Waals surface area contributed by atoms with Crippen LogP contribution in [0.15, 0.2) is 54.9 Å². The van der Waals surface area contributed by atoms with Crippen molar-refractivity contribution in [2.75, 3.05) is 27.2 Å². The van der Waals surface area contributed by atoms with Crippen molar-refractivity contribution in [3.63, 3.8) is 0 Å². The number of hydrogen-bond acceptors (Lipinski definition) is 4. The summed E-state index contributed by atoms with van der Waals surface area (Å²) in [6.07, 6.45) is -0.319. The van der Waals surface area contributed by atoms with Gasteiger partial charge in [-0.25, -0.2) is 19.2 Å². The lowest BCUT2D eigenvalue weighted by Gasteiger charge is -2.28. The molecule has 4 aromatic rings. The molecule has 228 valence electrons. The second kappa shape index (κ2) is 10.9. The molecule has 2 aromatic heterocycles. The first-order chi connectivity index (χ1) is 20.9. The minimum absolute atomic E-state index is 0.0436. The van der Waals surface area contributed by atoms with E-state index in [1.54, 1.807) is 30.8 Å². The van der Waals surface area contributed by atoms with Gasteiger partial charge in [0.2, 0.25) is 0 Å². The molecule has 0 spiro atoms. The van der Waals surface area contributed by atoms with E-state index in [1.165, 1.54) is 42.7 Å². The molecule has 0 unspecified atom stereocenters. The van der Waals surface area contributed by atoms with Gasteiger partial charge in [0.15, 0.2) is 5.78 Å². The van der Waals surface area contributed by atoms with Gasteiger partial charge in [0.1, 0.15) is 17.8 Å². The number of nitrogens with one attached hydrogen (secondary N) is 1. The lowest BCUT2D eigenvalue weighted by atomic mass is 9.91. The van der Waals surface area contributed by atoms with Crippen LogP contribution in [-0.4, -0.2) is 69.9 Å². The molecule has 0 saturated heterocycles. The molecular formula is C33H31F4N5O2. The highest BCUT2D eigenvalue weighted by Crippen LogP contribution is 2.58. The summed E-state index contributed by atoms with van der Waals surface area (Å²) in [7, 11) is 3.44. The number of nitrogens with zero attached hydrogens (tertiary/aromatic N) is 4. The number of amides is 2. The van der Waals surface area contributed by atoms with Crippen LogP contribution >= 0.6 is 0 Å². The van der Waals surface area contributed by atoms with Crippen molar-refractivity contribution in [2.45, 2.75) is 44.2 Å². The van der Waals surface area contributed by atoms with Gasteiger partial charge in [0.25, 0.3) is 0 Å². The third-order valence-electron chi connectivity index (χ3n) is 8.77. The predicted octanol–water partition coefficient (Wildman–Crippen LogP) is 6.86. The summed E-state index contributed by atoms with van der Waals surface area (Å²) < 4.78 is 55.5. The monoisotopic (exact) mass is 605 g/mol. The minimum atomic E-state index is -4.33. The summed E-state index contributed by atoms with van der Waals surface area (Å²) >= 11 is 0. The summed E-state index contributed by atoms with van der Waals surface area (Å²) in [6.45, 7) is 2.85. The Labute approximate surface area is 251 Å². The second-order valence-corrected chi connectivity index (χ2v) is 11.8. The Kier molecular flexibility index (Phi) is 7.30. The van der Waals surface area contributed by atoms with E-state index in [4.69, 9.17) is 0 Å². The Morgan fingerprint density at radius 1 is 1.07 bits per heavy atom. The third-order valence-corrected chi connectivity index (χ3v) is 8.77. The van der Waals surface area contributed by atoms with Crippen molar-refractivity contribution in [1.29, 1.82) is 0 Å². The summed E-state index contributed by atoms with van der Waals surface area (Å²) in [5.74, 6) is -0.858. The number of hydrogen-bond donors (Lipinski definition) is 1. The van der Waals surface area contributed by atoms with E-state index in [9.17, 15) is 27.2 Å². The fourth-order valence-electron chi connectivity index (χ4n) is 5.97. The van der Waals surface area contributed by atoms with Crippen LogP contribution in [-0.2, 0) is 11.8 Å². The van der Waals surface area contributed by atoms with Crippen molar-refractivity contribution in [1.82, 2.24) is 24.8 Å². The molecule has 1 aliphatic heterocycles. The van der Waals surface area contributed by atoms with Crippen molar-refractivity contribution < 1.29 is 27.2 Å². The van der Waals surface area contributed by atoms with Crippen LogP contribution in [0.2, 0.25) is 0 Å². The van der Waals surface area contributed by atoms with E-state index in [2.05, 4.69) is 15.0 Å². The van der Waals surface area contributed by atoms with E-state index in [-0.39, 0.29) is 42.2 Å². The Bertz CT molecular complexity index is 1800. The van der Waals surface area contributed by atoms with Crippen molar-refractivity contribution in [3.8, 4) is 11.3 Å². The number of aromatic nitrogens is 3. The smallest absolute Gasteiger partial charge is 0.339 e. The lowest BCUT2D eigenvalue weighted by molar-refractivity contribution is -0.160. The summed E-state index contributed by atoms with van der Waals surface area (Å²) in [6, 6.07) is 10.1. The number of fused-ring (bicyclic) bond motifs is 1. The molecule has 1 aliphatic carbocycles. The van der Waals surface area contributed by atoms with Crippen LogP contribution in [0.5, 0.6) is 0 Å². The SMILES string of the molecule is Cc1c(CC(=O)c2ccc(C3(C(F)(F)F)CC3)cc2)cc(F)cc1-c1ncnc2[nH]c(C3=CCN(C(=O)N(C)C)CC3)cc12. The fraction of sp³-hybridized carbons (Fsp3) is 0.333. The molecule has 0 bridgehead atoms. The van der Waals surface area contributed by atoms with Gasteiger partial charge in [-0.2, -0.15) is 13.2 Å². The third kappa shape index (κ3) is 5.24. The normalized spacial score (nSPS) is 16.2. The maximum Gasteiger partial charge on any atom is 0.398 e. The number of carbonyl (C=O) groups is 2. The van der Waals surface area contributed by atoms with Crippen LogP contribution in [0.4, 0.5) is 22.4 Å². The largest absolute Gasteiger partial charge is 0.398 e. The van der Waals surface area contributed by atoms with Gasteiger partial charge >= 0.3 is 12.2 Å². The van der Waals surface area contributed by atoms with Crippen LogP contribution in [0.3, 0.4) is 0 Å². The molecule has 44 heavy (non-hydrogen) atoms. The zero-order valence-corrected chi connectivity index (χ0v) is 24.6. The highest BCUT2D eigenvalue weighted by Gasteiger charge is 2.64. The number of alkyl halides is 3. The highest BCUT2D eigenvalue weighted by atomic mass is 19.4. The second-order valence-electron chi connectivity index (χ2n) is 11.8. The molecule has 1 N–H and O–H groups in total. The zero-order valence-electron chi connectivity index (χ0n) is 24.6. The molecule has 6 rings (SSSR count). The number of aromatic amines is 1. The van der Waals surface area contributed by atoms with Crippen molar-refractivity contribution >= 4 is 28.4 Å². The Morgan fingerprint density at radius 2 is 1.80 bits per heavy atom. The van der Waals surface area contributed by atoms with Gasteiger partial charge in [-0.1, -0.05) is 30.3 Å². The van der Waals surface area contributed by atoms with Gasteiger partial charge in [-0.05, 0) is 66.6 Å². The van der Waals surface area contributed by atoms with Crippen LogP contribution in [0, 0.1) is 12.7 Å². The minimum Gasteiger partial charge on any atom is -0.339 e. The first kappa shape index (κ1) is 29.5. The standard InChI is InChI=1S/C33H31F4N5O2/c1-19-22(15-28(43)21-4-6-23(7-5-21)32(10-11-32)33(35,36)37)14-24(34)16-25(19)29-26-17-27(40-30(26)39-18-38-29)20-8-12-42(13-9-20)31(44)41(2)3/h4-8,14,16-18H,9-13,15H2,1-3H3,(H,38,39,40). The molecule has 7 nitrogen and oxygen atoms in total. The van der Waals surface area contributed by atoms with E-state index in [0.717, 1.165) is 11.3 Å². The van der Waals surface area contributed by atoms with Gasteiger partial charge in [-0.3, -0.25) is 4.79 Å². The van der Waals surface area contributed by atoms with Crippen LogP contribution in [0.1, 0.15) is 52.0 Å². The number of rotatable bonds is 6. The zero-order chi connectivity index (χ0) is 31.4. The predicted molar refractivity (Wildman–Crippen MR) is 159 cm³/mol. The lowest BCUT2D eigenvalue weighted by Crippen LogP contribution is -2.41. The molecular weight excluding hydrogens is 574 g/mol. The van der Waals surface area contributed by atoms with Crippen molar-refractivity contribution in [2.24, 2.45) is 0 Å². The molecule has 1 saturated carbocycles. The summed E-state index contributed by atoms with van der Waals surface area (Å²) in [5, 5.41) is 0.690. The molecule has 0 radical (unpaired) electrons.